The van der Waals surface area contributed by atoms with Crippen molar-refractivity contribution in [3.8, 4) is 0 Å². The van der Waals surface area contributed by atoms with Gasteiger partial charge in [0.25, 0.3) is 5.91 Å². The largest absolute Gasteiger partial charge is 0.342 e. The SMILES string of the molecule is CC1(c2ccc(F)cc2)NC(=O)N(CC(=O)NC(c2ccccc2)c2ccccn2)C1=O. The van der Waals surface area contributed by atoms with Gasteiger partial charge >= 0.3 is 6.03 Å². The molecule has 2 aromatic carbocycles. The van der Waals surface area contributed by atoms with Crippen LogP contribution in [0.5, 0.6) is 0 Å². The second-order valence-electron chi connectivity index (χ2n) is 7.62. The summed E-state index contributed by atoms with van der Waals surface area (Å²) >= 11 is 0. The van der Waals surface area contributed by atoms with E-state index in [0.29, 0.717) is 11.3 Å². The van der Waals surface area contributed by atoms with Gasteiger partial charge in [-0.2, -0.15) is 0 Å². The molecule has 7 nitrogen and oxygen atoms in total. The molecule has 3 aromatic rings. The molecule has 1 aromatic heterocycles. The van der Waals surface area contributed by atoms with Crippen LogP contribution >= 0.6 is 0 Å². The van der Waals surface area contributed by atoms with Crippen LogP contribution < -0.4 is 10.6 Å². The van der Waals surface area contributed by atoms with E-state index in [1.54, 1.807) is 18.3 Å². The number of aromatic nitrogens is 1. The maximum absolute atomic E-state index is 13.3. The summed E-state index contributed by atoms with van der Waals surface area (Å²) < 4.78 is 13.3. The lowest BCUT2D eigenvalue weighted by Gasteiger charge is -2.23. The molecule has 8 heteroatoms. The van der Waals surface area contributed by atoms with Crippen molar-refractivity contribution in [3.63, 3.8) is 0 Å². The number of pyridine rings is 1. The Hall–Kier alpha value is -4.07. The highest BCUT2D eigenvalue weighted by molar-refractivity contribution is 6.09. The lowest BCUT2D eigenvalue weighted by molar-refractivity contribution is -0.135. The number of benzene rings is 2. The Labute approximate surface area is 184 Å². The van der Waals surface area contributed by atoms with Crippen LogP contribution in [0.25, 0.3) is 0 Å². The van der Waals surface area contributed by atoms with Gasteiger partial charge in [-0.15, -0.1) is 0 Å². The predicted molar refractivity (Wildman–Crippen MR) is 115 cm³/mol. The van der Waals surface area contributed by atoms with Gasteiger partial charge in [0, 0.05) is 6.20 Å². The maximum atomic E-state index is 13.3. The summed E-state index contributed by atoms with van der Waals surface area (Å²) in [5.74, 6) is -1.55. The van der Waals surface area contributed by atoms with Gasteiger partial charge < -0.3 is 10.6 Å². The summed E-state index contributed by atoms with van der Waals surface area (Å²) in [4.78, 5) is 43.6. The minimum Gasteiger partial charge on any atom is -0.342 e. The third kappa shape index (κ3) is 4.07. The predicted octanol–water partition coefficient (Wildman–Crippen LogP) is 2.89. The number of hydrogen-bond acceptors (Lipinski definition) is 4. The molecule has 162 valence electrons. The van der Waals surface area contributed by atoms with Gasteiger partial charge in [0.15, 0.2) is 0 Å². The fraction of sp³-hybridized carbons (Fsp3) is 0.167. The van der Waals surface area contributed by atoms with E-state index in [-0.39, 0.29) is 0 Å². The highest BCUT2D eigenvalue weighted by Crippen LogP contribution is 2.29. The first-order valence-electron chi connectivity index (χ1n) is 10.0. The zero-order chi connectivity index (χ0) is 22.7. The van der Waals surface area contributed by atoms with Crippen molar-refractivity contribution < 1.29 is 18.8 Å². The number of amides is 4. The van der Waals surface area contributed by atoms with E-state index in [0.717, 1.165) is 10.5 Å². The molecule has 2 unspecified atom stereocenters. The third-order valence-electron chi connectivity index (χ3n) is 5.42. The normalized spacial score (nSPS) is 18.9. The molecular weight excluding hydrogens is 411 g/mol. The van der Waals surface area contributed by atoms with Gasteiger partial charge in [-0.1, -0.05) is 48.5 Å². The first kappa shape index (κ1) is 21.2. The minimum absolute atomic E-state index is 0.427. The molecule has 0 aliphatic carbocycles. The van der Waals surface area contributed by atoms with Gasteiger partial charge in [-0.3, -0.25) is 19.5 Å². The Kier molecular flexibility index (Phi) is 5.68. The molecule has 4 amide bonds. The van der Waals surface area contributed by atoms with Crippen LogP contribution in [0.4, 0.5) is 9.18 Å². The van der Waals surface area contributed by atoms with Crippen molar-refractivity contribution in [1.29, 1.82) is 0 Å². The number of urea groups is 1. The number of carbonyl (C=O) groups excluding carboxylic acids is 3. The summed E-state index contributed by atoms with van der Waals surface area (Å²) in [7, 11) is 0. The second kappa shape index (κ2) is 8.58. The van der Waals surface area contributed by atoms with Crippen LogP contribution in [0.2, 0.25) is 0 Å². The molecule has 0 radical (unpaired) electrons. The summed E-state index contributed by atoms with van der Waals surface area (Å²) in [6, 6.07) is 18.7. The van der Waals surface area contributed by atoms with Crippen LogP contribution in [-0.2, 0) is 15.1 Å². The number of imide groups is 1. The van der Waals surface area contributed by atoms with Crippen molar-refractivity contribution in [1.82, 2.24) is 20.5 Å². The number of hydrogen-bond donors (Lipinski definition) is 2. The Morgan fingerprint density at radius 1 is 1.06 bits per heavy atom. The fourth-order valence-corrected chi connectivity index (χ4v) is 3.69. The first-order chi connectivity index (χ1) is 15.4. The topological polar surface area (TPSA) is 91.4 Å². The molecule has 0 spiro atoms. The number of nitrogens with one attached hydrogen (secondary N) is 2. The van der Waals surface area contributed by atoms with Crippen LogP contribution in [0.3, 0.4) is 0 Å². The third-order valence-corrected chi connectivity index (χ3v) is 5.42. The Morgan fingerprint density at radius 2 is 1.75 bits per heavy atom. The first-order valence-corrected chi connectivity index (χ1v) is 10.0. The molecule has 2 N–H and O–H groups in total. The standard InChI is InChI=1S/C24H21FN4O3/c1-24(17-10-12-18(25)13-11-17)22(31)29(23(32)28-24)15-20(30)27-21(16-7-3-2-4-8-16)19-9-5-6-14-26-19/h2-14,21H,15H2,1H3,(H,27,30)(H,28,32). The smallest absolute Gasteiger partial charge is 0.325 e. The summed E-state index contributed by atoms with van der Waals surface area (Å²) in [6.07, 6.45) is 1.63. The van der Waals surface area contributed by atoms with Crippen molar-refractivity contribution in [2.75, 3.05) is 6.54 Å². The molecule has 32 heavy (non-hydrogen) atoms. The summed E-state index contributed by atoms with van der Waals surface area (Å²) in [5.41, 5.74) is 0.481. The van der Waals surface area contributed by atoms with Gasteiger partial charge in [-0.25, -0.2) is 9.18 Å². The zero-order valence-corrected chi connectivity index (χ0v) is 17.3. The van der Waals surface area contributed by atoms with Crippen LogP contribution in [0.15, 0.2) is 79.0 Å². The molecule has 0 bridgehead atoms. The Morgan fingerprint density at radius 3 is 2.41 bits per heavy atom. The Bertz CT molecular complexity index is 1100. The lowest BCUT2D eigenvalue weighted by Crippen LogP contribution is -2.44. The number of nitrogens with zero attached hydrogens (tertiary/aromatic N) is 2. The highest BCUT2D eigenvalue weighted by Gasteiger charge is 2.49. The molecule has 1 aliphatic rings. The van der Waals surface area contributed by atoms with Crippen LogP contribution in [0, 0.1) is 5.82 Å². The molecule has 2 atom stereocenters. The number of rotatable bonds is 6. The van der Waals surface area contributed by atoms with E-state index in [9.17, 15) is 18.8 Å². The average Bonchev–Trinajstić information content (AvgIpc) is 3.03. The van der Waals surface area contributed by atoms with E-state index in [4.69, 9.17) is 0 Å². The van der Waals surface area contributed by atoms with Gasteiger partial charge in [0.05, 0.1) is 11.7 Å². The zero-order valence-electron chi connectivity index (χ0n) is 17.3. The van der Waals surface area contributed by atoms with Crippen molar-refractivity contribution >= 4 is 17.8 Å². The number of carbonyl (C=O) groups is 3. The molecule has 2 heterocycles. The van der Waals surface area contributed by atoms with Crippen LogP contribution in [0.1, 0.15) is 29.8 Å². The van der Waals surface area contributed by atoms with E-state index in [1.165, 1.54) is 31.2 Å². The Balaban J connectivity index is 1.53. The molecular formula is C24H21FN4O3. The molecule has 4 rings (SSSR count). The van der Waals surface area contributed by atoms with Crippen molar-refractivity contribution in [2.45, 2.75) is 18.5 Å². The number of halogens is 1. The highest BCUT2D eigenvalue weighted by atomic mass is 19.1. The fourth-order valence-electron chi connectivity index (χ4n) is 3.69. The van der Waals surface area contributed by atoms with E-state index in [1.807, 2.05) is 36.4 Å². The second-order valence-corrected chi connectivity index (χ2v) is 7.62. The minimum atomic E-state index is -1.38. The van der Waals surface area contributed by atoms with E-state index < -0.39 is 41.8 Å². The van der Waals surface area contributed by atoms with Crippen LogP contribution in [-0.4, -0.2) is 34.3 Å². The summed E-state index contributed by atoms with van der Waals surface area (Å²) in [6.45, 7) is 1.07. The quantitative estimate of drug-likeness (QED) is 0.586. The van der Waals surface area contributed by atoms with Gasteiger partial charge in [0.2, 0.25) is 5.91 Å². The van der Waals surface area contributed by atoms with E-state index in [2.05, 4.69) is 15.6 Å². The summed E-state index contributed by atoms with van der Waals surface area (Å²) in [5, 5.41) is 5.48. The van der Waals surface area contributed by atoms with Crippen molar-refractivity contribution in [2.24, 2.45) is 0 Å². The maximum Gasteiger partial charge on any atom is 0.325 e. The van der Waals surface area contributed by atoms with Crippen molar-refractivity contribution in [3.05, 3.63) is 102 Å². The molecule has 0 saturated carbocycles. The van der Waals surface area contributed by atoms with E-state index >= 15 is 0 Å². The lowest BCUT2D eigenvalue weighted by atomic mass is 9.92. The average molecular weight is 432 g/mol. The van der Waals surface area contributed by atoms with Gasteiger partial charge in [-0.05, 0) is 42.3 Å². The monoisotopic (exact) mass is 432 g/mol. The molecule has 1 aliphatic heterocycles. The van der Waals surface area contributed by atoms with Gasteiger partial charge in [0.1, 0.15) is 17.9 Å². The molecule has 1 fully saturated rings. The molecule has 1 saturated heterocycles.